The van der Waals surface area contributed by atoms with Gasteiger partial charge in [-0.15, -0.1) is 11.8 Å². The lowest BCUT2D eigenvalue weighted by molar-refractivity contribution is -0.384. The van der Waals surface area contributed by atoms with Gasteiger partial charge in [-0.05, 0) is 11.8 Å². The molecule has 0 unspecified atom stereocenters. The number of aromatic nitrogens is 1. The molecule has 70 valence electrons. The van der Waals surface area contributed by atoms with Crippen molar-refractivity contribution >= 4 is 23.3 Å². The molecule has 0 radical (unpaired) electrons. The second-order valence-electron chi connectivity index (χ2n) is 2.24. The van der Waals surface area contributed by atoms with Crippen molar-refractivity contribution in [3.05, 3.63) is 22.2 Å². The predicted octanol–water partition coefficient (Wildman–Crippen LogP) is 1.68. The molecule has 0 bridgehead atoms. The molecule has 0 aromatic carbocycles. The molecular weight excluding hydrogens is 190 g/mol. The fourth-order valence-corrected chi connectivity index (χ4v) is 1.45. The highest BCUT2D eigenvalue weighted by molar-refractivity contribution is 7.99. The molecule has 0 aliphatic rings. The third kappa shape index (κ3) is 2.32. The van der Waals surface area contributed by atoms with Crippen molar-refractivity contribution in [2.24, 2.45) is 0 Å². The number of nitro groups is 1. The Morgan fingerprint density at radius 2 is 2.38 bits per heavy atom. The first-order valence-corrected chi connectivity index (χ1v) is 4.67. The lowest BCUT2D eigenvalue weighted by atomic mass is 10.4. The molecule has 1 aromatic rings. The number of nitrogens with two attached hydrogens (primary N) is 1. The zero-order valence-electron chi connectivity index (χ0n) is 7.06. The van der Waals surface area contributed by atoms with Crippen molar-refractivity contribution in [2.45, 2.75) is 11.9 Å². The van der Waals surface area contributed by atoms with Gasteiger partial charge in [-0.25, -0.2) is 4.98 Å². The van der Waals surface area contributed by atoms with E-state index in [0.717, 1.165) is 5.75 Å². The third-order valence-corrected chi connectivity index (χ3v) is 2.18. The number of rotatable bonds is 3. The molecule has 0 amide bonds. The molecule has 2 N–H and O–H groups in total. The van der Waals surface area contributed by atoms with Crippen LogP contribution in [0.15, 0.2) is 17.2 Å². The second-order valence-corrected chi connectivity index (χ2v) is 3.53. The molecule has 0 fully saturated rings. The van der Waals surface area contributed by atoms with E-state index in [-0.39, 0.29) is 11.5 Å². The van der Waals surface area contributed by atoms with Gasteiger partial charge in [0.2, 0.25) is 5.82 Å². The summed E-state index contributed by atoms with van der Waals surface area (Å²) >= 11 is 1.50. The Hall–Kier alpha value is -1.30. The Morgan fingerprint density at radius 3 is 2.85 bits per heavy atom. The molecule has 0 aliphatic carbocycles. The molecule has 1 heterocycles. The first kappa shape index (κ1) is 9.79. The highest BCUT2D eigenvalue weighted by atomic mass is 32.2. The summed E-state index contributed by atoms with van der Waals surface area (Å²) in [6.45, 7) is 1.98. The van der Waals surface area contributed by atoms with Crippen LogP contribution in [-0.2, 0) is 0 Å². The maximum Gasteiger partial charge on any atom is 0.311 e. The topological polar surface area (TPSA) is 82.0 Å². The van der Waals surface area contributed by atoms with Gasteiger partial charge in [-0.2, -0.15) is 0 Å². The number of anilines is 1. The number of pyridine rings is 1. The molecule has 0 aliphatic heterocycles. The maximum atomic E-state index is 10.4. The fraction of sp³-hybridized carbons (Fsp3) is 0.286. The van der Waals surface area contributed by atoms with Crippen LogP contribution in [0, 0.1) is 10.1 Å². The van der Waals surface area contributed by atoms with E-state index in [9.17, 15) is 10.1 Å². The smallest absolute Gasteiger partial charge is 0.311 e. The van der Waals surface area contributed by atoms with Gasteiger partial charge >= 0.3 is 5.69 Å². The van der Waals surface area contributed by atoms with Crippen LogP contribution in [0.4, 0.5) is 11.5 Å². The molecule has 0 atom stereocenters. The van der Waals surface area contributed by atoms with Crippen LogP contribution in [0.1, 0.15) is 6.92 Å². The number of nitrogens with zero attached hydrogens (tertiary/aromatic N) is 2. The van der Waals surface area contributed by atoms with E-state index in [1.54, 1.807) is 6.07 Å². The lowest BCUT2D eigenvalue weighted by Gasteiger charge is -1.99. The second kappa shape index (κ2) is 4.08. The number of nitrogen functional groups attached to an aromatic ring is 1. The van der Waals surface area contributed by atoms with E-state index in [2.05, 4.69) is 4.98 Å². The van der Waals surface area contributed by atoms with E-state index >= 15 is 0 Å². The zero-order chi connectivity index (χ0) is 9.84. The van der Waals surface area contributed by atoms with Crippen LogP contribution in [0.2, 0.25) is 0 Å². The summed E-state index contributed by atoms with van der Waals surface area (Å²) in [5.74, 6) is 0.841. The Labute approximate surface area is 79.5 Å². The van der Waals surface area contributed by atoms with Crippen molar-refractivity contribution in [3.63, 3.8) is 0 Å². The van der Waals surface area contributed by atoms with Gasteiger partial charge in [0, 0.05) is 6.07 Å². The molecule has 13 heavy (non-hydrogen) atoms. The SMILES string of the molecule is CCSc1ccc([N+](=O)[O-])c(N)n1. The number of thioether (sulfide) groups is 1. The molecule has 0 spiro atoms. The standard InChI is InChI=1S/C7H9N3O2S/c1-2-13-6-4-3-5(10(11)12)7(8)9-6/h3-4H,2H2,1H3,(H2,8,9). The minimum atomic E-state index is -0.539. The maximum absolute atomic E-state index is 10.4. The van der Waals surface area contributed by atoms with Crippen molar-refractivity contribution < 1.29 is 4.92 Å². The number of hydrogen-bond acceptors (Lipinski definition) is 5. The van der Waals surface area contributed by atoms with Gasteiger partial charge in [-0.1, -0.05) is 6.92 Å². The fourth-order valence-electron chi connectivity index (χ4n) is 0.832. The normalized spacial score (nSPS) is 9.92. The van der Waals surface area contributed by atoms with E-state index in [0.29, 0.717) is 5.03 Å². The largest absolute Gasteiger partial charge is 0.378 e. The van der Waals surface area contributed by atoms with Gasteiger partial charge in [0.15, 0.2) is 0 Å². The van der Waals surface area contributed by atoms with Crippen molar-refractivity contribution in [1.29, 1.82) is 0 Å². The Morgan fingerprint density at radius 1 is 1.69 bits per heavy atom. The Bertz CT molecular complexity index is 330. The van der Waals surface area contributed by atoms with E-state index in [4.69, 9.17) is 5.73 Å². The summed E-state index contributed by atoms with van der Waals surface area (Å²) in [7, 11) is 0. The highest BCUT2D eigenvalue weighted by Crippen LogP contribution is 2.23. The monoisotopic (exact) mass is 199 g/mol. The van der Waals surface area contributed by atoms with Crippen LogP contribution in [0.5, 0.6) is 0 Å². The minimum Gasteiger partial charge on any atom is -0.378 e. The first-order valence-electron chi connectivity index (χ1n) is 3.69. The average Bonchev–Trinajstić information content (AvgIpc) is 2.04. The van der Waals surface area contributed by atoms with Crippen molar-refractivity contribution in [2.75, 3.05) is 11.5 Å². The molecule has 0 saturated heterocycles. The summed E-state index contributed by atoms with van der Waals surface area (Å²) < 4.78 is 0. The molecule has 1 aromatic heterocycles. The number of hydrogen-bond donors (Lipinski definition) is 1. The molecule has 5 nitrogen and oxygen atoms in total. The molecular formula is C7H9N3O2S. The molecule has 6 heteroatoms. The lowest BCUT2D eigenvalue weighted by Crippen LogP contribution is -1.98. The summed E-state index contributed by atoms with van der Waals surface area (Å²) in [4.78, 5) is 13.7. The summed E-state index contributed by atoms with van der Waals surface area (Å²) in [5.41, 5.74) is 5.25. The van der Waals surface area contributed by atoms with Gasteiger partial charge < -0.3 is 5.73 Å². The Kier molecular flexibility index (Phi) is 3.07. The van der Waals surface area contributed by atoms with Gasteiger partial charge in [0.25, 0.3) is 0 Å². The molecule has 0 saturated carbocycles. The van der Waals surface area contributed by atoms with Crippen molar-refractivity contribution in [1.82, 2.24) is 4.98 Å². The van der Waals surface area contributed by atoms with E-state index in [1.165, 1.54) is 17.8 Å². The summed E-state index contributed by atoms with van der Waals surface area (Å²) in [6.07, 6.45) is 0. The van der Waals surface area contributed by atoms with Crippen LogP contribution in [0.25, 0.3) is 0 Å². The summed E-state index contributed by atoms with van der Waals surface area (Å²) in [6, 6.07) is 2.98. The van der Waals surface area contributed by atoms with Crippen molar-refractivity contribution in [3.8, 4) is 0 Å². The van der Waals surface area contributed by atoms with Gasteiger partial charge in [0.1, 0.15) is 0 Å². The average molecular weight is 199 g/mol. The third-order valence-electron chi connectivity index (χ3n) is 1.37. The van der Waals surface area contributed by atoms with Crippen LogP contribution < -0.4 is 5.73 Å². The predicted molar refractivity (Wildman–Crippen MR) is 51.7 cm³/mol. The van der Waals surface area contributed by atoms with Crippen LogP contribution >= 0.6 is 11.8 Å². The zero-order valence-corrected chi connectivity index (χ0v) is 7.87. The van der Waals surface area contributed by atoms with Gasteiger partial charge in [0.05, 0.1) is 9.95 Å². The Balaban J connectivity index is 2.98. The van der Waals surface area contributed by atoms with Crippen LogP contribution in [0.3, 0.4) is 0 Å². The van der Waals surface area contributed by atoms with E-state index < -0.39 is 4.92 Å². The van der Waals surface area contributed by atoms with Gasteiger partial charge in [-0.3, -0.25) is 10.1 Å². The molecule has 1 rings (SSSR count). The van der Waals surface area contributed by atoms with E-state index in [1.807, 2.05) is 6.92 Å². The van der Waals surface area contributed by atoms with Crippen LogP contribution in [-0.4, -0.2) is 15.7 Å². The summed E-state index contributed by atoms with van der Waals surface area (Å²) in [5, 5.41) is 11.1. The quantitative estimate of drug-likeness (QED) is 0.455. The minimum absolute atomic E-state index is 0.0246. The highest BCUT2D eigenvalue weighted by Gasteiger charge is 2.12. The first-order chi connectivity index (χ1) is 6.15.